The number of nitrogens with zero attached hydrogens (tertiary/aromatic N) is 2. The van der Waals surface area contributed by atoms with Gasteiger partial charge in [0.1, 0.15) is 0 Å². The first-order chi connectivity index (χ1) is 8.66. The molecule has 0 spiro atoms. The minimum absolute atomic E-state index is 0.321. The largest absolute Gasteiger partial charge is 0.481 e. The van der Waals surface area contributed by atoms with Gasteiger partial charge >= 0.3 is 5.97 Å². The van der Waals surface area contributed by atoms with Gasteiger partial charge in [0.2, 0.25) is 0 Å². The Kier molecular flexibility index (Phi) is 4.04. The maximum atomic E-state index is 10.7. The number of hydrogen-bond donors (Lipinski definition) is 1. The molecule has 1 atom stereocenters. The average molecular weight is 262 g/mol. The van der Waals surface area contributed by atoms with Crippen LogP contribution < -0.4 is 0 Å². The van der Waals surface area contributed by atoms with Crippen molar-refractivity contribution in [3.8, 4) is 11.3 Å². The molecule has 4 nitrogen and oxygen atoms in total. The summed E-state index contributed by atoms with van der Waals surface area (Å²) < 4.78 is 0. The van der Waals surface area contributed by atoms with Gasteiger partial charge in [-0.2, -0.15) is 0 Å². The third-order valence-corrected chi connectivity index (χ3v) is 3.65. The van der Waals surface area contributed by atoms with Crippen molar-refractivity contribution >= 4 is 17.3 Å². The summed E-state index contributed by atoms with van der Waals surface area (Å²) in [5.74, 6) is -1.07. The van der Waals surface area contributed by atoms with Crippen LogP contribution in [-0.4, -0.2) is 21.0 Å². The Balaban J connectivity index is 2.01. The molecule has 0 bridgehead atoms. The molecule has 0 aromatic carbocycles. The Bertz CT molecular complexity index is 525. The van der Waals surface area contributed by atoms with Crippen molar-refractivity contribution in [2.24, 2.45) is 5.92 Å². The Hall–Kier alpha value is -1.75. The van der Waals surface area contributed by atoms with Crippen LogP contribution in [0.5, 0.6) is 0 Å². The SMILES string of the molecule is CC(CCc1nc(-c2ccncc2)cs1)C(=O)O. The highest BCUT2D eigenvalue weighted by molar-refractivity contribution is 7.09. The maximum absolute atomic E-state index is 10.7. The Morgan fingerprint density at radius 2 is 2.17 bits per heavy atom. The van der Waals surface area contributed by atoms with Crippen LogP contribution in [0.25, 0.3) is 11.3 Å². The summed E-state index contributed by atoms with van der Waals surface area (Å²) in [6, 6.07) is 3.83. The molecule has 0 amide bonds. The van der Waals surface area contributed by atoms with Crippen molar-refractivity contribution < 1.29 is 9.90 Å². The lowest BCUT2D eigenvalue weighted by atomic mass is 10.1. The van der Waals surface area contributed by atoms with Crippen molar-refractivity contribution in [3.63, 3.8) is 0 Å². The van der Waals surface area contributed by atoms with E-state index in [9.17, 15) is 4.79 Å². The smallest absolute Gasteiger partial charge is 0.306 e. The molecule has 0 aliphatic rings. The molecule has 0 saturated heterocycles. The number of thiazole rings is 1. The topological polar surface area (TPSA) is 63.1 Å². The summed E-state index contributed by atoms with van der Waals surface area (Å²) in [6.07, 6.45) is 4.81. The number of aliphatic carboxylic acids is 1. The summed E-state index contributed by atoms with van der Waals surface area (Å²) >= 11 is 1.57. The highest BCUT2D eigenvalue weighted by Crippen LogP contribution is 2.22. The molecule has 1 unspecified atom stereocenters. The summed E-state index contributed by atoms with van der Waals surface area (Å²) in [6.45, 7) is 1.72. The van der Waals surface area contributed by atoms with E-state index in [-0.39, 0.29) is 5.92 Å². The molecule has 2 rings (SSSR count). The second kappa shape index (κ2) is 5.73. The number of aryl methyl sites for hydroxylation is 1. The highest BCUT2D eigenvalue weighted by atomic mass is 32.1. The Labute approximate surface area is 109 Å². The van der Waals surface area contributed by atoms with Crippen LogP contribution >= 0.6 is 11.3 Å². The molecule has 0 radical (unpaired) electrons. The summed E-state index contributed by atoms with van der Waals surface area (Å²) in [5.41, 5.74) is 1.97. The van der Waals surface area contributed by atoms with E-state index in [4.69, 9.17) is 5.11 Å². The van der Waals surface area contributed by atoms with Gasteiger partial charge in [-0.25, -0.2) is 4.98 Å². The zero-order valence-electron chi connectivity index (χ0n) is 10.0. The first-order valence-corrected chi connectivity index (χ1v) is 6.62. The summed E-state index contributed by atoms with van der Waals surface area (Å²) in [7, 11) is 0. The molecule has 1 N–H and O–H groups in total. The van der Waals surface area contributed by atoms with Crippen LogP contribution in [0.3, 0.4) is 0 Å². The molecule has 2 heterocycles. The van der Waals surface area contributed by atoms with Crippen LogP contribution in [0, 0.1) is 5.92 Å². The van der Waals surface area contributed by atoms with Gasteiger partial charge in [0.15, 0.2) is 0 Å². The van der Waals surface area contributed by atoms with E-state index in [1.54, 1.807) is 30.7 Å². The molecule has 94 valence electrons. The fourth-order valence-electron chi connectivity index (χ4n) is 1.54. The predicted octanol–water partition coefficient (Wildman–Crippen LogP) is 2.86. The highest BCUT2D eigenvalue weighted by Gasteiger charge is 2.12. The second-order valence-corrected chi connectivity index (χ2v) is 5.08. The molecule has 5 heteroatoms. The number of carboxylic acids is 1. The first kappa shape index (κ1) is 12.7. The Morgan fingerprint density at radius 3 is 2.83 bits per heavy atom. The molecular weight excluding hydrogens is 248 g/mol. The predicted molar refractivity (Wildman–Crippen MR) is 70.5 cm³/mol. The lowest BCUT2D eigenvalue weighted by Crippen LogP contribution is -2.10. The van der Waals surface area contributed by atoms with E-state index in [1.165, 1.54) is 0 Å². The normalized spacial score (nSPS) is 12.3. The lowest BCUT2D eigenvalue weighted by molar-refractivity contribution is -0.141. The Morgan fingerprint density at radius 1 is 1.44 bits per heavy atom. The van der Waals surface area contributed by atoms with Crippen molar-refractivity contribution in [2.75, 3.05) is 0 Å². The number of carboxylic acid groups (broad SMARTS) is 1. The van der Waals surface area contributed by atoms with E-state index in [1.807, 2.05) is 17.5 Å². The third-order valence-electron chi connectivity index (χ3n) is 2.74. The van der Waals surface area contributed by atoms with Crippen LogP contribution in [0.2, 0.25) is 0 Å². The molecule has 2 aromatic rings. The third kappa shape index (κ3) is 3.13. The molecule has 0 aliphatic carbocycles. The van der Waals surface area contributed by atoms with Gasteiger partial charge in [0, 0.05) is 29.8 Å². The second-order valence-electron chi connectivity index (χ2n) is 4.14. The van der Waals surface area contributed by atoms with Gasteiger partial charge in [-0.1, -0.05) is 6.92 Å². The van der Waals surface area contributed by atoms with Crippen molar-refractivity contribution in [1.82, 2.24) is 9.97 Å². The van der Waals surface area contributed by atoms with Crippen LogP contribution in [0.1, 0.15) is 18.4 Å². The number of aromatic nitrogens is 2. The zero-order chi connectivity index (χ0) is 13.0. The number of carbonyl (C=O) groups is 1. The molecular formula is C13H14N2O2S. The van der Waals surface area contributed by atoms with E-state index < -0.39 is 5.97 Å². The monoisotopic (exact) mass is 262 g/mol. The van der Waals surface area contributed by atoms with E-state index >= 15 is 0 Å². The van der Waals surface area contributed by atoms with E-state index in [2.05, 4.69) is 9.97 Å². The standard InChI is InChI=1S/C13H14N2O2S/c1-9(13(16)17)2-3-12-15-11(8-18-12)10-4-6-14-7-5-10/h4-9H,2-3H2,1H3,(H,16,17). The van der Waals surface area contributed by atoms with Gasteiger partial charge in [-0.3, -0.25) is 9.78 Å². The van der Waals surface area contributed by atoms with Gasteiger partial charge in [-0.15, -0.1) is 11.3 Å². The van der Waals surface area contributed by atoms with Crippen LogP contribution in [-0.2, 0) is 11.2 Å². The van der Waals surface area contributed by atoms with Gasteiger partial charge in [0.25, 0.3) is 0 Å². The zero-order valence-corrected chi connectivity index (χ0v) is 10.9. The minimum Gasteiger partial charge on any atom is -0.481 e. The van der Waals surface area contributed by atoms with Crippen LogP contribution in [0.15, 0.2) is 29.9 Å². The molecule has 0 aliphatic heterocycles. The first-order valence-electron chi connectivity index (χ1n) is 5.74. The molecule has 18 heavy (non-hydrogen) atoms. The van der Waals surface area contributed by atoms with Crippen LogP contribution in [0.4, 0.5) is 0 Å². The fourth-order valence-corrected chi connectivity index (χ4v) is 2.37. The summed E-state index contributed by atoms with van der Waals surface area (Å²) in [5, 5.41) is 11.8. The fraction of sp³-hybridized carbons (Fsp3) is 0.308. The number of rotatable bonds is 5. The van der Waals surface area contributed by atoms with Gasteiger partial charge in [0.05, 0.1) is 16.6 Å². The quantitative estimate of drug-likeness (QED) is 0.900. The number of pyridine rings is 1. The van der Waals surface area contributed by atoms with Gasteiger partial charge < -0.3 is 5.11 Å². The molecule has 2 aromatic heterocycles. The lowest BCUT2D eigenvalue weighted by Gasteiger charge is -2.02. The number of hydrogen-bond acceptors (Lipinski definition) is 4. The van der Waals surface area contributed by atoms with E-state index in [0.717, 1.165) is 16.3 Å². The van der Waals surface area contributed by atoms with E-state index in [0.29, 0.717) is 12.8 Å². The van der Waals surface area contributed by atoms with Crippen molar-refractivity contribution in [2.45, 2.75) is 19.8 Å². The van der Waals surface area contributed by atoms with Crippen molar-refractivity contribution in [3.05, 3.63) is 34.9 Å². The molecule has 0 fully saturated rings. The maximum Gasteiger partial charge on any atom is 0.306 e. The minimum atomic E-state index is -0.749. The average Bonchev–Trinajstić information content (AvgIpc) is 2.85. The van der Waals surface area contributed by atoms with Gasteiger partial charge in [-0.05, 0) is 18.6 Å². The molecule has 0 saturated carbocycles. The summed E-state index contributed by atoms with van der Waals surface area (Å²) in [4.78, 5) is 19.2. The van der Waals surface area contributed by atoms with Crippen molar-refractivity contribution in [1.29, 1.82) is 0 Å².